The lowest BCUT2D eigenvalue weighted by Crippen LogP contribution is -2.08. The van der Waals surface area contributed by atoms with Crippen molar-refractivity contribution in [1.82, 2.24) is 0 Å². The van der Waals surface area contributed by atoms with Crippen molar-refractivity contribution in [1.29, 1.82) is 0 Å². The number of ether oxygens (including phenoxy) is 2. The molecule has 0 saturated carbocycles. The van der Waals surface area contributed by atoms with Crippen molar-refractivity contribution in [2.45, 2.75) is 0 Å². The third-order valence-electron chi connectivity index (χ3n) is 6.92. The second-order valence-corrected chi connectivity index (χ2v) is 9.65. The molecule has 0 aliphatic carbocycles. The summed E-state index contributed by atoms with van der Waals surface area (Å²) in [5, 5.41) is 0. The van der Waals surface area contributed by atoms with Gasteiger partial charge in [-0.3, -0.25) is 0 Å². The first-order valence-corrected chi connectivity index (χ1v) is 13.6. The number of carbonyl (C=O) groups excluding carboxylic acids is 2. The molecule has 0 amide bonds. The molecule has 6 aromatic rings. The largest absolute Gasteiger partial charge is 0.423 e. The Morgan fingerprint density at radius 2 is 0.643 bits per heavy atom. The van der Waals surface area contributed by atoms with Gasteiger partial charge >= 0.3 is 11.9 Å². The highest BCUT2D eigenvalue weighted by Crippen LogP contribution is 2.38. The number of rotatable bonds is 7. The van der Waals surface area contributed by atoms with Crippen molar-refractivity contribution in [2.75, 3.05) is 0 Å². The van der Waals surface area contributed by atoms with E-state index in [0.717, 1.165) is 33.4 Å². The summed E-state index contributed by atoms with van der Waals surface area (Å²) in [6.45, 7) is 0. The van der Waals surface area contributed by atoms with E-state index in [1.54, 1.807) is 48.5 Å². The summed E-state index contributed by atoms with van der Waals surface area (Å²) >= 11 is 0. The predicted molar refractivity (Wildman–Crippen MR) is 166 cm³/mol. The monoisotopic (exact) mass is 546 g/mol. The Kier molecular flexibility index (Phi) is 7.69. The molecule has 4 nitrogen and oxygen atoms in total. The summed E-state index contributed by atoms with van der Waals surface area (Å²) in [6, 6.07) is 49.4. The van der Waals surface area contributed by atoms with Crippen molar-refractivity contribution in [3.05, 3.63) is 169 Å². The van der Waals surface area contributed by atoms with Crippen molar-refractivity contribution in [2.24, 2.45) is 0 Å². The van der Waals surface area contributed by atoms with Crippen LogP contribution in [0.15, 0.2) is 158 Å². The molecule has 4 heteroatoms. The average Bonchev–Trinajstić information content (AvgIpc) is 3.06. The van der Waals surface area contributed by atoms with Gasteiger partial charge in [0.05, 0.1) is 11.1 Å². The van der Waals surface area contributed by atoms with E-state index in [2.05, 4.69) is 24.3 Å². The molecule has 0 atom stereocenters. The van der Waals surface area contributed by atoms with Gasteiger partial charge in [-0.15, -0.1) is 0 Å². The van der Waals surface area contributed by atoms with E-state index in [0.29, 0.717) is 22.6 Å². The van der Waals surface area contributed by atoms with E-state index in [1.807, 2.05) is 84.9 Å². The first kappa shape index (κ1) is 26.5. The molecule has 0 aliphatic rings. The number of benzene rings is 6. The number of esters is 2. The third kappa shape index (κ3) is 5.88. The van der Waals surface area contributed by atoms with Crippen LogP contribution in [0.1, 0.15) is 20.7 Å². The minimum absolute atomic E-state index is 0.400. The first-order valence-electron chi connectivity index (χ1n) is 13.6. The van der Waals surface area contributed by atoms with Gasteiger partial charge in [0.1, 0.15) is 11.5 Å². The van der Waals surface area contributed by atoms with Crippen LogP contribution in [-0.4, -0.2) is 11.9 Å². The van der Waals surface area contributed by atoms with Gasteiger partial charge in [-0.1, -0.05) is 109 Å². The predicted octanol–water partition coefficient (Wildman–Crippen LogP) is 9.13. The fourth-order valence-corrected chi connectivity index (χ4v) is 4.82. The molecule has 0 aromatic heterocycles. The zero-order valence-electron chi connectivity index (χ0n) is 22.6. The standard InChI is InChI=1S/C38H26O4/c39-37(41-31-11-3-1-4-12-31)29-23-19-27(20-24-29)33-15-7-9-17-35(33)36-18-10-8-16-34(36)28-21-25-30(26-22-28)38(40)42-32-13-5-2-6-14-32/h1-26H. The van der Waals surface area contributed by atoms with Crippen LogP contribution in [0.5, 0.6) is 11.5 Å². The molecule has 0 spiro atoms. The molecule has 6 rings (SSSR count). The SMILES string of the molecule is O=C(Oc1ccccc1)c1ccc(-c2ccccc2-c2ccccc2-c2ccc(C(=O)Oc3ccccc3)cc2)cc1. The van der Waals surface area contributed by atoms with Crippen molar-refractivity contribution in [3.63, 3.8) is 0 Å². The molecular formula is C38H26O4. The fourth-order valence-electron chi connectivity index (χ4n) is 4.82. The number of para-hydroxylation sites is 2. The topological polar surface area (TPSA) is 52.6 Å². The van der Waals surface area contributed by atoms with Crippen LogP contribution < -0.4 is 9.47 Å². The van der Waals surface area contributed by atoms with E-state index in [9.17, 15) is 9.59 Å². The maximum atomic E-state index is 12.7. The average molecular weight is 547 g/mol. The highest BCUT2D eigenvalue weighted by atomic mass is 16.5. The van der Waals surface area contributed by atoms with Crippen LogP contribution in [0.25, 0.3) is 33.4 Å². The van der Waals surface area contributed by atoms with Crippen LogP contribution in [0.4, 0.5) is 0 Å². The molecule has 0 radical (unpaired) electrons. The summed E-state index contributed by atoms with van der Waals surface area (Å²) in [7, 11) is 0. The fraction of sp³-hybridized carbons (Fsp3) is 0. The Labute approximate surface area is 244 Å². The molecule has 6 aromatic carbocycles. The van der Waals surface area contributed by atoms with Gasteiger partial charge in [-0.05, 0) is 81.9 Å². The van der Waals surface area contributed by atoms with Crippen LogP contribution in [0.2, 0.25) is 0 Å². The van der Waals surface area contributed by atoms with Gasteiger partial charge in [-0.25, -0.2) is 9.59 Å². The number of hydrogen-bond acceptors (Lipinski definition) is 4. The Bertz CT molecular complexity index is 1690. The lowest BCUT2D eigenvalue weighted by Gasteiger charge is -2.15. The Morgan fingerprint density at radius 3 is 1.00 bits per heavy atom. The van der Waals surface area contributed by atoms with Gasteiger partial charge in [0.25, 0.3) is 0 Å². The lowest BCUT2D eigenvalue weighted by molar-refractivity contribution is 0.0725. The second kappa shape index (κ2) is 12.2. The van der Waals surface area contributed by atoms with Crippen LogP contribution in [0.3, 0.4) is 0 Å². The number of carbonyl (C=O) groups is 2. The van der Waals surface area contributed by atoms with Crippen LogP contribution >= 0.6 is 0 Å². The highest BCUT2D eigenvalue weighted by Gasteiger charge is 2.15. The molecule has 0 N–H and O–H groups in total. The molecular weight excluding hydrogens is 520 g/mol. The number of hydrogen-bond donors (Lipinski definition) is 0. The van der Waals surface area contributed by atoms with Crippen molar-refractivity contribution >= 4 is 11.9 Å². The van der Waals surface area contributed by atoms with Crippen LogP contribution in [-0.2, 0) is 0 Å². The van der Waals surface area contributed by atoms with Gasteiger partial charge in [0, 0.05) is 0 Å². The van der Waals surface area contributed by atoms with Crippen molar-refractivity contribution in [3.8, 4) is 44.9 Å². The van der Waals surface area contributed by atoms with E-state index in [1.165, 1.54) is 0 Å². The summed E-state index contributed by atoms with van der Waals surface area (Å²) in [5.74, 6) is 0.217. The quantitative estimate of drug-likeness (QED) is 0.148. The molecule has 202 valence electrons. The van der Waals surface area contributed by atoms with E-state index in [-0.39, 0.29) is 0 Å². The third-order valence-corrected chi connectivity index (χ3v) is 6.92. The van der Waals surface area contributed by atoms with Crippen molar-refractivity contribution < 1.29 is 19.1 Å². The Balaban J connectivity index is 1.27. The molecule has 42 heavy (non-hydrogen) atoms. The first-order chi connectivity index (χ1) is 20.7. The summed E-state index contributed by atoms with van der Waals surface area (Å²) in [5.41, 5.74) is 7.11. The minimum Gasteiger partial charge on any atom is -0.423 e. The highest BCUT2D eigenvalue weighted by molar-refractivity contribution is 5.95. The molecule has 0 bridgehead atoms. The molecule has 0 fully saturated rings. The van der Waals surface area contributed by atoms with E-state index in [4.69, 9.17) is 9.47 Å². The van der Waals surface area contributed by atoms with Gasteiger partial charge in [0.2, 0.25) is 0 Å². The summed E-state index contributed by atoms with van der Waals surface area (Å²) < 4.78 is 11.0. The minimum atomic E-state index is -0.400. The van der Waals surface area contributed by atoms with E-state index < -0.39 is 11.9 Å². The molecule has 0 heterocycles. The van der Waals surface area contributed by atoms with E-state index >= 15 is 0 Å². The lowest BCUT2D eigenvalue weighted by atomic mass is 9.89. The second-order valence-electron chi connectivity index (χ2n) is 9.65. The summed E-state index contributed by atoms with van der Waals surface area (Å²) in [4.78, 5) is 25.3. The van der Waals surface area contributed by atoms with Crippen LogP contribution in [0, 0.1) is 0 Å². The summed E-state index contributed by atoms with van der Waals surface area (Å²) in [6.07, 6.45) is 0. The molecule has 0 unspecified atom stereocenters. The maximum Gasteiger partial charge on any atom is 0.343 e. The zero-order valence-corrected chi connectivity index (χ0v) is 22.6. The maximum absolute atomic E-state index is 12.7. The van der Waals surface area contributed by atoms with Gasteiger partial charge in [0.15, 0.2) is 0 Å². The van der Waals surface area contributed by atoms with Gasteiger partial charge in [-0.2, -0.15) is 0 Å². The molecule has 0 aliphatic heterocycles. The normalized spacial score (nSPS) is 10.6. The Morgan fingerprint density at radius 1 is 0.333 bits per heavy atom. The zero-order chi connectivity index (χ0) is 28.7. The smallest absolute Gasteiger partial charge is 0.343 e. The molecule has 0 saturated heterocycles. The van der Waals surface area contributed by atoms with Gasteiger partial charge < -0.3 is 9.47 Å². The Hall–Kier alpha value is -5.74.